The van der Waals surface area contributed by atoms with E-state index in [2.05, 4.69) is 42.1 Å². The number of anilines is 1. The number of ether oxygens (including phenoxy) is 1. The first-order chi connectivity index (χ1) is 22.7. The first kappa shape index (κ1) is 34.0. The van der Waals surface area contributed by atoms with Crippen molar-refractivity contribution < 1.29 is 29.3 Å². The van der Waals surface area contributed by atoms with Gasteiger partial charge in [0.05, 0.1) is 15.0 Å². The highest BCUT2D eigenvalue weighted by atomic mass is 79.9. The lowest BCUT2D eigenvalue weighted by molar-refractivity contribution is -0.142. The number of para-hydroxylation sites is 1. The fraction of sp³-hybridized carbons (Fsp3) is 0.559. The quantitative estimate of drug-likeness (QED) is 0.379. The Morgan fingerprint density at radius 3 is 2.28 bits per heavy atom. The number of urea groups is 1. The second kappa shape index (κ2) is 15.1. The van der Waals surface area contributed by atoms with Crippen molar-refractivity contribution >= 4 is 55.6 Å². The molecule has 4 aliphatic rings. The minimum absolute atomic E-state index is 0.000185. The number of halogens is 2. The fourth-order valence-electron chi connectivity index (χ4n) is 7.39. The molecule has 0 unspecified atom stereocenters. The van der Waals surface area contributed by atoms with E-state index in [1.807, 2.05) is 29.2 Å². The number of carbonyl (C=O) groups is 3. The lowest BCUT2D eigenvalue weighted by Crippen LogP contribution is -2.53. The molecule has 0 radical (unpaired) electrons. The fourth-order valence-corrected chi connectivity index (χ4v) is 8.67. The Kier molecular flexibility index (Phi) is 10.9. The molecule has 3 saturated heterocycles. The average molecular weight is 778 g/mol. The zero-order valence-electron chi connectivity index (χ0n) is 26.5. The van der Waals surface area contributed by atoms with E-state index < -0.39 is 12.2 Å². The lowest BCUT2D eigenvalue weighted by atomic mass is 9.98. The summed E-state index contributed by atoms with van der Waals surface area (Å²) in [5.74, 6) is -0.171. The van der Waals surface area contributed by atoms with Crippen LogP contribution in [0.15, 0.2) is 45.3 Å². The summed E-state index contributed by atoms with van der Waals surface area (Å²) in [7, 11) is 0. The van der Waals surface area contributed by atoms with Gasteiger partial charge in [-0.3, -0.25) is 9.69 Å². The summed E-state index contributed by atoms with van der Waals surface area (Å²) in [6.07, 6.45) is 3.72. The second-order valence-electron chi connectivity index (χ2n) is 13.1. The molecule has 4 aliphatic heterocycles. The molecular formula is C34H43Br2N5O6. The summed E-state index contributed by atoms with van der Waals surface area (Å²) in [5.41, 5.74) is 2.69. The average Bonchev–Trinajstić information content (AvgIpc) is 3.24. The molecule has 2 aromatic rings. The van der Waals surface area contributed by atoms with Gasteiger partial charge in [-0.15, -0.1) is 0 Å². The molecule has 0 bridgehead atoms. The van der Waals surface area contributed by atoms with E-state index in [1.165, 1.54) is 0 Å². The molecule has 13 heteroatoms. The summed E-state index contributed by atoms with van der Waals surface area (Å²) in [6, 6.07) is 11.5. The standard InChI is InChI=1S/C34H43Br2N5O6/c35-27-18-22(19-28(36)31(27)43)20-30(32(44)38-13-8-24(9-14-38)40-12-3-5-26(42)21-40)47-34(46)39-15-10-25(11-16-39)41-17-7-23-4-1-2-6-29(23)37-33(41)45/h1-2,4,6,18-19,24-26,30,42-43H,3,5,7-17,20-21H2,(H,37,45)/t26-,30+/m0/s1. The van der Waals surface area contributed by atoms with Crippen molar-refractivity contribution in [2.75, 3.05) is 51.1 Å². The van der Waals surface area contributed by atoms with Crippen LogP contribution in [0.3, 0.4) is 0 Å². The SMILES string of the molecule is O=C(O[C@H](Cc1cc(Br)c(O)c(Br)c1)C(=O)N1CCC(N2CCC[C@H](O)C2)CC1)N1CCC(N2CCc3ccccc3NC2=O)CC1. The number of amides is 4. The number of nitrogens with one attached hydrogen (secondary N) is 1. The minimum atomic E-state index is -1.04. The second-order valence-corrected chi connectivity index (χ2v) is 14.8. The molecule has 11 nitrogen and oxygen atoms in total. The normalized spacial score (nSPS) is 22.3. The number of phenols is 1. The number of likely N-dealkylation sites (tertiary alicyclic amines) is 3. The largest absolute Gasteiger partial charge is 0.506 e. The van der Waals surface area contributed by atoms with Gasteiger partial charge in [-0.1, -0.05) is 18.2 Å². The van der Waals surface area contributed by atoms with Gasteiger partial charge >= 0.3 is 12.1 Å². The molecule has 2 aromatic carbocycles. The third-order valence-electron chi connectivity index (χ3n) is 10.0. The van der Waals surface area contributed by atoms with Gasteiger partial charge in [0.2, 0.25) is 0 Å². The Morgan fingerprint density at radius 2 is 1.57 bits per heavy atom. The monoisotopic (exact) mass is 775 g/mol. The summed E-state index contributed by atoms with van der Waals surface area (Å²) in [4.78, 5) is 48.2. The topological polar surface area (TPSA) is 126 Å². The number of hydrogen-bond acceptors (Lipinski definition) is 7. The van der Waals surface area contributed by atoms with Gasteiger partial charge in [-0.05, 0) is 113 Å². The van der Waals surface area contributed by atoms with Crippen LogP contribution in [0.1, 0.15) is 49.7 Å². The maximum atomic E-state index is 14.0. The number of aliphatic hydroxyl groups excluding tert-OH is 1. The molecule has 3 fully saturated rings. The Bertz CT molecular complexity index is 1440. The molecular weight excluding hydrogens is 734 g/mol. The van der Waals surface area contributed by atoms with E-state index in [4.69, 9.17) is 4.74 Å². The first-order valence-electron chi connectivity index (χ1n) is 16.6. The molecule has 6 rings (SSSR count). The van der Waals surface area contributed by atoms with Crippen LogP contribution < -0.4 is 5.32 Å². The van der Waals surface area contributed by atoms with E-state index in [-0.39, 0.29) is 36.3 Å². The van der Waals surface area contributed by atoms with E-state index in [1.54, 1.807) is 21.9 Å². The van der Waals surface area contributed by atoms with Gasteiger partial charge in [0.1, 0.15) is 5.75 Å². The number of carbonyl (C=O) groups excluding carboxylic acids is 3. The minimum Gasteiger partial charge on any atom is -0.506 e. The highest BCUT2D eigenvalue weighted by Gasteiger charge is 2.37. The van der Waals surface area contributed by atoms with Crippen molar-refractivity contribution in [2.24, 2.45) is 0 Å². The molecule has 4 heterocycles. The molecule has 2 atom stereocenters. The van der Waals surface area contributed by atoms with Gasteiger partial charge in [0.25, 0.3) is 5.91 Å². The van der Waals surface area contributed by atoms with Crippen LogP contribution >= 0.6 is 31.9 Å². The van der Waals surface area contributed by atoms with Crippen LogP contribution in [-0.2, 0) is 22.4 Å². The van der Waals surface area contributed by atoms with Crippen LogP contribution in [-0.4, -0.2) is 118 Å². The van der Waals surface area contributed by atoms with Gasteiger partial charge in [0.15, 0.2) is 6.10 Å². The van der Waals surface area contributed by atoms with Crippen LogP contribution in [0.5, 0.6) is 5.75 Å². The highest BCUT2D eigenvalue weighted by molar-refractivity contribution is 9.11. The number of fused-ring (bicyclic) bond motifs is 1. The Morgan fingerprint density at radius 1 is 0.915 bits per heavy atom. The van der Waals surface area contributed by atoms with Crippen LogP contribution in [0.2, 0.25) is 0 Å². The maximum Gasteiger partial charge on any atom is 0.410 e. The summed E-state index contributed by atoms with van der Waals surface area (Å²) in [6.45, 7) is 4.21. The van der Waals surface area contributed by atoms with Gasteiger partial charge in [-0.25, -0.2) is 9.59 Å². The predicted octanol–water partition coefficient (Wildman–Crippen LogP) is 4.97. The number of hydrogen-bond donors (Lipinski definition) is 3. The van der Waals surface area contributed by atoms with Gasteiger partial charge < -0.3 is 35.0 Å². The first-order valence-corrected chi connectivity index (χ1v) is 18.2. The Hall–Kier alpha value is -2.87. The Labute approximate surface area is 292 Å². The summed E-state index contributed by atoms with van der Waals surface area (Å²) >= 11 is 6.74. The number of phenolic OH excluding ortho intramolecular Hbond substituents is 1. The summed E-state index contributed by atoms with van der Waals surface area (Å²) < 4.78 is 6.96. The van der Waals surface area contributed by atoms with Crippen molar-refractivity contribution in [3.63, 3.8) is 0 Å². The predicted molar refractivity (Wildman–Crippen MR) is 184 cm³/mol. The van der Waals surface area contributed by atoms with Crippen molar-refractivity contribution in [2.45, 2.75) is 75.7 Å². The number of β-amino-alcohol motifs (C(OH)–C–C–N with tert-alkyl or cyclic N) is 1. The van der Waals surface area contributed by atoms with E-state index >= 15 is 0 Å². The molecule has 0 aromatic heterocycles. The van der Waals surface area contributed by atoms with Gasteiger partial charge in [-0.2, -0.15) is 0 Å². The van der Waals surface area contributed by atoms with Crippen LogP contribution in [0.4, 0.5) is 15.3 Å². The zero-order valence-corrected chi connectivity index (χ0v) is 29.6. The van der Waals surface area contributed by atoms with E-state index in [0.717, 1.165) is 55.5 Å². The molecule has 0 aliphatic carbocycles. The number of aromatic hydroxyl groups is 1. The number of nitrogens with zero attached hydrogens (tertiary/aromatic N) is 4. The zero-order chi connectivity index (χ0) is 33.1. The maximum absolute atomic E-state index is 14.0. The molecule has 254 valence electrons. The summed E-state index contributed by atoms with van der Waals surface area (Å²) in [5, 5.41) is 23.4. The van der Waals surface area contributed by atoms with Crippen molar-refractivity contribution in [3.8, 4) is 5.75 Å². The van der Waals surface area contributed by atoms with Crippen molar-refractivity contribution in [1.82, 2.24) is 19.6 Å². The van der Waals surface area contributed by atoms with Crippen molar-refractivity contribution in [3.05, 3.63) is 56.5 Å². The Balaban J connectivity index is 1.09. The van der Waals surface area contributed by atoms with E-state index in [9.17, 15) is 24.6 Å². The lowest BCUT2D eigenvalue weighted by Gasteiger charge is -2.42. The number of benzene rings is 2. The molecule has 47 heavy (non-hydrogen) atoms. The molecule has 4 amide bonds. The third kappa shape index (κ3) is 8.06. The van der Waals surface area contributed by atoms with Gasteiger partial charge in [0, 0.05) is 63.5 Å². The molecule has 0 saturated carbocycles. The van der Waals surface area contributed by atoms with Crippen LogP contribution in [0, 0.1) is 0 Å². The number of rotatable bonds is 6. The van der Waals surface area contributed by atoms with Crippen molar-refractivity contribution in [1.29, 1.82) is 0 Å². The third-order valence-corrected chi connectivity index (χ3v) is 11.3. The number of aliphatic hydroxyl groups is 1. The molecule has 0 spiro atoms. The van der Waals surface area contributed by atoms with Crippen LogP contribution in [0.25, 0.3) is 0 Å². The smallest absolute Gasteiger partial charge is 0.410 e. The number of piperidine rings is 3. The highest BCUT2D eigenvalue weighted by Crippen LogP contribution is 2.34. The van der Waals surface area contributed by atoms with E-state index in [0.29, 0.717) is 67.1 Å². The molecule has 3 N–H and O–H groups in total.